The lowest BCUT2D eigenvalue weighted by molar-refractivity contribution is -0.118. The van der Waals surface area contributed by atoms with Gasteiger partial charge in [0.2, 0.25) is 5.91 Å². The van der Waals surface area contributed by atoms with E-state index in [1.54, 1.807) is 0 Å². The number of carbonyl (C=O) groups excluding carboxylic acids is 1. The number of fused-ring (bicyclic) bond motifs is 1. The van der Waals surface area contributed by atoms with Crippen molar-refractivity contribution in [3.05, 3.63) is 42.0 Å². The van der Waals surface area contributed by atoms with E-state index < -0.39 is 0 Å². The molecule has 0 saturated heterocycles. The SMILES string of the molecule is C=C(CS)CN1C(=O)CCc2ccccc21. The summed E-state index contributed by atoms with van der Waals surface area (Å²) >= 11 is 4.18. The molecule has 1 aliphatic rings. The van der Waals surface area contributed by atoms with Crippen LogP contribution in [0.4, 0.5) is 5.69 Å². The number of benzene rings is 1. The molecule has 2 rings (SSSR count). The summed E-state index contributed by atoms with van der Waals surface area (Å²) in [5.74, 6) is 0.799. The van der Waals surface area contributed by atoms with Gasteiger partial charge < -0.3 is 4.90 Å². The van der Waals surface area contributed by atoms with Crippen molar-refractivity contribution >= 4 is 24.2 Å². The van der Waals surface area contributed by atoms with Crippen LogP contribution in [0.3, 0.4) is 0 Å². The molecule has 84 valence electrons. The second-order valence-corrected chi connectivity index (χ2v) is 4.33. The summed E-state index contributed by atoms with van der Waals surface area (Å²) in [7, 11) is 0. The van der Waals surface area contributed by atoms with Gasteiger partial charge in [-0.3, -0.25) is 4.79 Å². The molecule has 0 aromatic heterocycles. The number of thiol groups is 1. The monoisotopic (exact) mass is 233 g/mol. The van der Waals surface area contributed by atoms with Gasteiger partial charge >= 0.3 is 0 Å². The lowest BCUT2D eigenvalue weighted by Crippen LogP contribution is -2.36. The van der Waals surface area contributed by atoms with Gasteiger partial charge in [-0.1, -0.05) is 24.8 Å². The van der Waals surface area contributed by atoms with E-state index in [9.17, 15) is 4.79 Å². The van der Waals surface area contributed by atoms with Gasteiger partial charge in [-0.15, -0.1) is 0 Å². The first-order valence-corrected chi connectivity index (χ1v) is 6.01. The van der Waals surface area contributed by atoms with E-state index in [0.29, 0.717) is 18.7 Å². The van der Waals surface area contributed by atoms with Crippen molar-refractivity contribution in [1.29, 1.82) is 0 Å². The van der Waals surface area contributed by atoms with Crippen LogP contribution in [0.25, 0.3) is 0 Å². The highest BCUT2D eigenvalue weighted by molar-refractivity contribution is 7.80. The van der Waals surface area contributed by atoms with Crippen LogP contribution >= 0.6 is 12.6 Å². The van der Waals surface area contributed by atoms with Crippen LogP contribution in [0, 0.1) is 0 Å². The van der Waals surface area contributed by atoms with Gasteiger partial charge in [0.05, 0.1) is 0 Å². The molecule has 0 aliphatic carbocycles. The number of rotatable bonds is 3. The minimum Gasteiger partial charge on any atom is -0.308 e. The highest BCUT2D eigenvalue weighted by atomic mass is 32.1. The van der Waals surface area contributed by atoms with Crippen molar-refractivity contribution in [3.8, 4) is 0 Å². The largest absolute Gasteiger partial charge is 0.308 e. The van der Waals surface area contributed by atoms with Crippen molar-refractivity contribution in [1.82, 2.24) is 0 Å². The molecule has 16 heavy (non-hydrogen) atoms. The quantitative estimate of drug-likeness (QED) is 0.628. The molecule has 0 unspecified atom stereocenters. The minimum atomic E-state index is 0.182. The highest BCUT2D eigenvalue weighted by Crippen LogP contribution is 2.27. The first kappa shape index (κ1) is 11.3. The molecule has 0 atom stereocenters. The van der Waals surface area contributed by atoms with Crippen LogP contribution in [0.2, 0.25) is 0 Å². The number of carbonyl (C=O) groups is 1. The highest BCUT2D eigenvalue weighted by Gasteiger charge is 2.23. The van der Waals surface area contributed by atoms with Crippen molar-refractivity contribution in [2.24, 2.45) is 0 Å². The molecule has 1 amide bonds. The zero-order valence-electron chi connectivity index (χ0n) is 9.15. The lowest BCUT2D eigenvalue weighted by Gasteiger charge is -2.29. The Bertz CT molecular complexity index is 428. The molecule has 1 aliphatic heterocycles. The average Bonchev–Trinajstić information content (AvgIpc) is 2.32. The molecule has 0 N–H and O–H groups in total. The fourth-order valence-corrected chi connectivity index (χ4v) is 2.04. The first-order chi connectivity index (χ1) is 7.72. The van der Waals surface area contributed by atoms with E-state index in [-0.39, 0.29) is 5.91 Å². The van der Waals surface area contributed by atoms with Crippen LogP contribution in [0.15, 0.2) is 36.4 Å². The van der Waals surface area contributed by atoms with Crippen LogP contribution < -0.4 is 4.90 Å². The van der Waals surface area contributed by atoms with E-state index in [4.69, 9.17) is 0 Å². The molecule has 3 heteroatoms. The van der Waals surface area contributed by atoms with Crippen LogP contribution in [-0.4, -0.2) is 18.2 Å². The third-order valence-electron chi connectivity index (χ3n) is 2.80. The van der Waals surface area contributed by atoms with Gasteiger partial charge in [-0.05, 0) is 23.6 Å². The molecular weight excluding hydrogens is 218 g/mol. The van der Waals surface area contributed by atoms with E-state index in [0.717, 1.165) is 17.7 Å². The maximum Gasteiger partial charge on any atom is 0.227 e. The molecule has 0 spiro atoms. The summed E-state index contributed by atoms with van der Waals surface area (Å²) in [5.41, 5.74) is 3.24. The molecule has 0 fully saturated rings. The fraction of sp³-hybridized carbons (Fsp3) is 0.308. The molecule has 0 saturated carbocycles. The predicted molar refractivity (Wildman–Crippen MR) is 70.1 cm³/mol. The molecule has 1 aromatic rings. The van der Waals surface area contributed by atoms with Crippen molar-refractivity contribution in [3.63, 3.8) is 0 Å². The van der Waals surface area contributed by atoms with Crippen LogP contribution in [0.1, 0.15) is 12.0 Å². The molecular formula is C13H15NOS. The second-order valence-electron chi connectivity index (χ2n) is 4.02. The predicted octanol–water partition coefficient (Wildman–Crippen LogP) is 2.45. The van der Waals surface area contributed by atoms with E-state index in [2.05, 4.69) is 25.3 Å². The van der Waals surface area contributed by atoms with Gasteiger partial charge in [-0.25, -0.2) is 0 Å². The van der Waals surface area contributed by atoms with Crippen molar-refractivity contribution < 1.29 is 4.79 Å². The first-order valence-electron chi connectivity index (χ1n) is 5.38. The second kappa shape index (κ2) is 4.74. The standard InChI is InChI=1S/C13H15NOS/c1-10(9-16)8-14-12-5-3-2-4-11(12)6-7-13(14)15/h2-5,16H,1,6-9H2. The minimum absolute atomic E-state index is 0.182. The van der Waals surface area contributed by atoms with Gasteiger partial charge in [-0.2, -0.15) is 12.6 Å². The Hall–Kier alpha value is -1.22. The van der Waals surface area contributed by atoms with Gasteiger partial charge in [0.1, 0.15) is 0 Å². The normalized spacial score (nSPS) is 14.8. The van der Waals surface area contributed by atoms with E-state index in [1.807, 2.05) is 23.1 Å². The summed E-state index contributed by atoms with van der Waals surface area (Å²) in [6.45, 7) is 4.49. The number of amides is 1. The number of anilines is 1. The number of para-hydroxylation sites is 1. The maximum atomic E-state index is 11.9. The Morgan fingerprint density at radius 3 is 2.88 bits per heavy atom. The Labute approximate surface area is 101 Å². The van der Waals surface area contributed by atoms with Crippen molar-refractivity contribution in [2.75, 3.05) is 17.2 Å². The maximum absolute atomic E-state index is 11.9. The topological polar surface area (TPSA) is 20.3 Å². The molecule has 2 nitrogen and oxygen atoms in total. The third kappa shape index (κ3) is 2.14. The number of hydrogen-bond donors (Lipinski definition) is 1. The summed E-state index contributed by atoms with van der Waals surface area (Å²) in [6.07, 6.45) is 1.44. The lowest BCUT2D eigenvalue weighted by atomic mass is 10.0. The summed E-state index contributed by atoms with van der Waals surface area (Å²) in [5, 5.41) is 0. The summed E-state index contributed by atoms with van der Waals surface area (Å²) < 4.78 is 0. The van der Waals surface area contributed by atoms with Gasteiger partial charge in [0.15, 0.2) is 0 Å². The van der Waals surface area contributed by atoms with Gasteiger partial charge in [0, 0.05) is 24.4 Å². The fourth-order valence-electron chi connectivity index (χ4n) is 1.94. The number of aryl methyl sites for hydroxylation is 1. The molecule has 1 aromatic carbocycles. The van der Waals surface area contributed by atoms with E-state index in [1.165, 1.54) is 5.56 Å². The Kier molecular flexibility index (Phi) is 3.34. The van der Waals surface area contributed by atoms with Crippen molar-refractivity contribution in [2.45, 2.75) is 12.8 Å². The van der Waals surface area contributed by atoms with Crippen LogP contribution in [-0.2, 0) is 11.2 Å². The molecule has 1 heterocycles. The number of hydrogen-bond acceptors (Lipinski definition) is 2. The smallest absolute Gasteiger partial charge is 0.227 e. The molecule has 0 radical (unpaired) electrons. The summed E-state index contributed by atoms with van der Waals surface area (Å²) in [6, 6.07) is 8.06. The molecule has 0 bridgehead atoms. The van der Waals surface area contributed by atoms with Crippen LogP contribution in [0.5, 0.6) is 0 Å². The number of nitrogens with zero attached hydrogens (tertiary/aromatic N) is 1. The Balaban J connectivity index is 2.29. The van der Waals surface area contributed by atoms with E-state index >= 15 is 0 Å². The zero-order chi connectivity index (χ0) is 11.5. The Morgan fingerprint density at radius 1 is 1.38 bits per heavy atom. The Morgan fingerprint density at radius 2 is 2.12 bits per heavy atom. The third-order valence-corrected chi connectivity index (χ3v) is 3.24. The average molecular weight is 233 g/mol. The zero-order valence-corrected chi connectivity index (χ0v) is 10.0. The van der Waals surface area contributed by atoms with Gasteiger partial charge in [0.25, 0.3) is 0 Å². The summed E-state index contributed by atoms with van der Waals surface area (Å²) in [4.78, 5) is 13.7.